The first-order chi connectivity index (χ1) is 11.3. The second-order valence-corrected chi connectivity index (χ2v) is 5.43. The summed E-state index contributed by atoms with van der Waals surface area (Å²) in [5, 5.41) is 16.8. The Labute approximate surface area is 131 Å². The molecule has 0 unspecified atom stereocenters. The van der Waals surface area contributed by atoms with Crippen molar-refractivity contribution in [3.05, 3.63) is 36.3 Å². The summed E-state index contributed by atoms with van der Waals surface area (Å²) < 4.78 is 0. The van der Waals surface area contributed by atoms with E-state index < -0.39 is 0 Å². The molecule has 0 spiro atoms. The van der Waals surface area contributed by atoms with Gasteiger partial charge < -0.3 is 15.8 Å². The number of imidazole rings is 1. The molecule has 3 aromatic heterocycles. The summed E-state index contributed by atoms with van der Waals surface area (Å²) in [7, 11) is 0. The zero-order valence-corrected chi connectivity index (χ0v) is 12.4. The molecule has 0 saturated carbocycles. The molecule has 0 amide bonds. The Bertz CT molecular complexity index is 973. The van der Waals surface area contributed by atoms with Gasteiger partial charge in [-0.15, -0.1) is 0 Å². The number of aromatic nitrogens is 5. The van der Waals surface area contributed by atoms with E-state index in [9.17, 15) is 0 Å². The molecule has 0 aliphatic rings. The number of anilines is 1. The van der Waals surface area contributed by atoms with Crippen LogP contribution >= 0.6 is 0 Å². The molecule has 7 heteroatoms. The number of nitrogens with one attached hydrogen (secondary N) is 2. The van der Waals surface area contributed by atoms with Gasteiger partial charge in [0.25, 0.3) is 0 Å². The molecule has 3 heterocycles. The van der Waals surface area contributed by atoms with Gasteiger partial charge in [0.15, 0.2) is 0 Å². The summed E-state index contributed by atoms with van der Waals surface area (Å²) in [6, 6.07) is 7.89. The van der Waals surface area contributed by atoms with Crippen LogP contribution < -0.4 is 5.73 Å². The first-order valence-electron chi connectivity index (χ1n) is 7.44. The van der Waals surface area contributed by atoms with Gasteiger partial charge in [0.1, 0.15) is 22.7 Å². The van der Waals surface area contributed by atoms with E-state index >= 15 is 0 Å². The maximum absolute atomic E-state index is 8.96. The predicted molar refractivity (Wildman–Crippen MR) is 88.8 cm³/mol. The van der Waals surface area contributed by atoms with Crippen LogP contribution in [0.3, 0.4) is 0 Å². The van der Waals surface area contributed by atoms with Gasteiger partial charge in [-0.1, -0.05) is 6.07 Å². The SMILES string of the molecule is Nc1nc2cc(-c3ccn[nH]3)ccc2c2nc(CCCO)[nH]c12. The number of aryl methyl sites for hydroxylation is 1. The molecule has 0 aliphatic carbocycles. The quantitative estimate of drug-likeness (QED) is 0.460. The smallest absolute Gasteiger partial charge is 0.150 e. The molecular formula is C16H16N6O. The Morgan fingerprint density at radius 3 is 2.87 bits per heavy atom. The first-order valence-corrected chi connectivity index (χ1v) is 7.44. The highest BCUT2D eigenvalue weighted by Gasteiger charge is 2.12. The van der Waals surface area contributed by atoms with Crippen molar-refractivity contribution in [2.24, 2.45) is 0 Å². The highest BCUT2D eigenvalue weighted by molar-refractivity contribution is 6.06. The van der Waals surface area contributed by atoms with E-state index in [-0.39, 0.29) is 6.61 Å². The number of aromatic amines is 2. The van der Waals surface area contributed by atoms with Crippen molar-refractivity contribution in [2.75, 3.05) is 12.3 Å². The Balaban J connectivity index is 1.89. The van der Waals surface area contributed by atoms with Crippen LogP contribution in [0.4, 0.5) is 5.82 Å². The molecule has 0 fully saturated rings. The molecule has 0 atom stereocenters. The van der Waals surface area contributed by atoms with Crippen LogP contribution in [0, 0.1) is 0 Å². The number of pyridine rings is 1. The first kappa shape index (κ1) is 13.7. The van der Waals surface area contributed by atoms with Gasteiger partial charge in [-0.25, -0.2) is 9.97 Å². The van der Waals surface area contributed by atoms with E-state index in [0.29, 0.717) is 18.7 Å². The molecule has 4 rings (SSSR count). The van der Waals surface area contributed by atoms with Crippen molar-refractivity contribution in [2.45, 2.75) is 12.8 Å². The second-order valence-electron chi connectivity index (χ2n) is 5.43. The van der Waals surface area contributed by atoms with E-state index in [1.54, 1.807) is 6.20 Å². The number of rotatable bonds is 4. The standard InChI is InChI=1S/C16H16N6O/c17-16-15-14(20-13(21-15)2-1-7-23)10-4-3-9(8-12(10)19-16)11-5-6-18-22-11/h3-6,8,23H,1-2,7H2,(H2,17,19)(H,18,22)(H,20,21). The van der Waals surface area contributed by atoms with Crippen molar-refractivity contribution < 1.29 is 5.11 Å². The van der Waals surface area contributed by atoms with Gasteiger partial charge in [0.2, 0.25) is 0 Å². The number of aliphatic hydroxyl groups excluding tert-OH is 1. The van der Waals surface area contributed by atoms with Crippen LogP contribution in [0.5, 0.6) is 0 Å². The van der Waals surface area contributed by atoms with Gasteiger partial charge in [0.05, 0.1) is 11.2 Å². The third-order valence-corrected chi connectivity index (χ3v) is 3.89. The molecule has 0 saturated heterocycles. The van der Waals surface area contributed by atoms with Crippen molar-refractivity contribution >= 4 is 27.8 Å². The maximum atomic E-state index is 8.96. The third-order valence-electron chi connectivity index (χ3n) is 3.89. The molecule has 1 aromatic carbocycles. The van der Waals surface area contributed by atoms with Crippen LogP contribution in [-0.2, 0) is 6.42 Å². The number of fused-ring (bicyclic) bond motifs is 3. The number of hydrogen-bond acceptors (Lipinski definition) is 5. The Hall–Kier alpha value is -2.93. The number of nitrogens with two attached hydrogens (primary N) is 1. The van der Waals surface area contributed by atoms with E-state index in [0.717, 1.165) is 39.0 Å². The molecule has 23 heavy (non-hydrogen) atoms. The zero-order chi connectivity index (χ0) is 15.8. The lowest BCUT2D eigenvalue weighted by Gasteiger charge is -2.03. The molecule has 4 aromatic rings. The van der Waals surface area contributed by atoms with E-state index in [1.165, 1.54) is 0 Å². The molecule has 5 N–H and O–H groups in total. The summed E-state index contributed by atoms with van der Waals surface area (Å²) in [4.78, 5) is 12.3. The molecule has 0 aliphatic heterocycles. The highest BCUT2D eigenvalue weighted by Crippen LogP contribution is 2.29. The molecule has 0 radical (unpaired) electrons. The van der Waals surface area contributed by atoms with Gasteiger partial charge in [0, 0.05) is 30.2 Å². The third kappa shape index (κ3) is 2.31. The fourth-order valence-corrected chi connectivity index (χ4v) is 2.76. The minimum Gasteiger partial charge on any atom is -0.396 e. The highest BCUT2D eigenvalue weighted by atomic mass is 16.2. The van der Waals surface area contributed by atoms with Gasteiger partial charge in [-0.2, -0.15) is 5.10 Å². The lowest BCUT2D eigenvalue weighted by Crippen LogP contribution is -1.93. The number of nitrogen functional groups attached to an aromatic ring is 1. The zero-order valence-electron chi connectivity index (χ0n) is 12.4. The van der Waals surface area contributed by atoms with Crippen LogP contribution in [0.2, 0.25) is 0 Å². The van der Waals surface area contributed by atoms with Crippen LogP contribution in [0.15, 0.2) is 30.5 Å². The normalized spacial score (nSPS) is 11.5. The Morgan fingerprint density at radius 1 is 1.17 bits per heavy atom. The minimum absolute atomic E-state index is 0.138. The minimum atomic E-state index is 0.138. The summed E-state index contributed by atoms with van der Waals surface area (Å²) in [5.74, 6) is 1.24. The summed E-state index contributed by atoms with van der Waals surface area (Å²) >= 11 is 0. The Morgan fingerprint density at radius 2 is 2.09 bits per heavy atom. The largest absolute Gasteiger partial charge is 0.396 e. The lowest BCUT2D eigenvalue weighted by molar-refractivity contribution is 0.287. The van der Waals surface area contributed by atoms with Gasteiger partial charge >= 0.3 is 0 Å². The monoisotopic (exact) mass is 308 g/mol. The summed E-state index contributed by atoms with van der Waals surface area (Å²) in [5.41, 5.74) is 10.4. The van der Waals surface area contributed by atoms with Crippen LogP contribution in [0.1, 0.15) is 12.2 Å². The summed E-state index contributed by atoms with van der Waals surface area (Å²) in [6.07, 6.45) is 3.05. The molecule has 116 valence electrons. The van der Waals surface area contributed by atoms with E-state index in [4.69, 9.17) is 10.8 Å². The number of hydrogen-bond donors (Lipinski definition) is 4. The number of aliphatic hydroxyl groups is 1. The van der Waals surface area contributed by atoms with Crippen molar-refractivity contribution in [1.29, 1.82) is 0 Å². The average Bonchev–Trinajstić information content (AvgIpc) is 3.22. The average molecular weight is 308 g/mol. The molecule has 7 nitrogen and oxygen atoms in total. The molecular weight excluding hydrogens is 292 g/mol. The number of nitrogens with zero attached hydrogens (tertiary/aromatic N) is 3. The van der Waals surface area contributed by atoms with Crippen LogP contribution in [-0.4, -0.2) is 36.9 Å². The van der Waals surface area contributed by atoms with Crippen molar-refractivity contribution in [1.82, 2.24) is 25.1 Å². The van der Waals surface area contributed by atoms with Crippen LogP contribution in [0.25, 0.3) is 33.2 Å². The molecule has 0 bridgehead atoms. The Kier molecular flexibility index (Phi) is 3.20. The predicted octanol–water partition coefficient (Wildman–Crippen LogP) is 2.01. The number of benzene rings is 1. The summed E-state index contributed by atoms with van der Waals surface area (Å²) in [6.45, 7) is 0.138. The fraction of sp³-hybridized carbons (Fsp3) is 0.188. The van der Waals surface area contributed by atoms with Crippen molar-refractivity contribution in [3.8, 4) is 11.3 Å². The topological polar surface area (TPSA) is 116 Å². The van der Waals surface area contributed by atoms with Crippen molar-refractivity contribution in [3.63, 3.8) is 0 Å². The van der Waals surface area contributed by atoms with Gasteiger partial charge in [-0.05, 0) is 24.6 Å². The maximum Gasteiger partial charge on any atom is 0.150 e. The van der Waals surface area contributed by atoms with E-state index in [2.05, 4.69) is 25.1 Å². The second kappa shape index (κ2) is 5.36. The van der Waals surface area contributed by atoms with E-state index in [1.807, 2.05) is 24.3 Å². The fourth-order valence-electron chi connectivity index (χ4n) is 2.76. The van der Waals surface area contributed by atoms with Gasteiger partial charge in [-0.3, -0.25) is 5.10 Å². The lowest BCUT2D eigenvalue weighted by atomic mass is 10.1. The number of H-pyrrole nitrogens is 2.